The lowest BCUT2D eigenvalue weighted by atomic mass is 10.0. The van der Waals surface area contributed by atoms with Gasteiger partial charge in [-0.15, -0.1) is 0 Å². The van der Waals surface area contributed by atoms with E-state index in [0.29, 0.717) is 11.3 Å². The highest BCUT2D eigenvalue weighted by Crippen LogP contribution is 2.12. The standard InChI is InChI=1S/C19H28N4O6S/c1-30-9-8-14(22-17(26)13(20)6-7-16(21)25)18(27)23-15(19(28)29)10-11-2-4-12(24)5-3-11/h2-5,13-15,24H,6-10,20H2,1H3,(H2,21,25)(H,22,26)(H,23,27)(H,28,29). The molecule has 11 heteroatoms. The molecule has 0 radical (unpaired) electrons. The van der Waals surface area contributed by atoms with E-state index in [0.717, 1.165) is 0 Å². The van der Waals surface area contributed by atoms with Crippen molar-refractivity contribution >= 4 is 35.5 Å². The van der Waals surface area contributed by atoms with Crippen molar-refractivity contribution in [2.45, 2.75) is 43.8 Å². The molecule has 0 bridgehead atoms. The second-order valence-corrected chi connectivity index (χ2v) is 7.71. The third-order valence-corrected chi connectivity index (χ3v) is 4.92. The van der Waals surface area contributed by atoms with Crippen LogP contribution in [0.5, 0.6) is 5.75 Å². The Morgan fingerprint density at radius 2 is 1.63 bits per heavy atom. The molecule has 3 amide bonds. The first-order valence-electron chi connectivity index (χ1n) is 9.28. The van der Waals surface area contributed by atoms with Crippen molar-refractivity contribution in [2.24, 2.45) is 11.5 Å². The minimum atomic E-state index is -1.23. The van der Waals surface area contributed by atoms with Crippen molar-refractivity contribution in [3.05, 3.63) is 29.8 Å². The number of aliphatic carboxylic acids is 1. The summed E-state index contributed by atoms with van der Waals surface area (Å²) in [5.41, 5.74) is 11.4. The quantitative estimate of drug-likeness (QED) is 0.233. The molecule has 0 aliphatic carbocycles. The Hall–Kier alpha value is -2.79. The number of nitrogens with one attached hydrogen (secondary N) is 2. The fourth-order valence-electron chi connectivity index (χ4n) is 2.55. The van der Waals surface area contributed by atoms with Gasteiger partial charge in [0, 0.05) is 12.8 Å². The van der Waals surface area contributed by atoms with Crippen LogP contribution in [0.3, 0.4) is 0 Å². The van der Waals surface area contributed by atoms with Crippen LogP contribution in [0, 0.1) is 0 Å². The van der Waals surface area contributed by atoms with Gasteiger partial charge in [0.05, 0.1) is 6.04 Å². The van der Waals surface area contributed by atoms with Crippen molar-refractivity contribution in [3.8, 4) is 5.75 Å². The fourth-order valence-corrected chi connectivity index (χ4v) is 3.02. The van der Waals surface area contributed by atoms with Gasteiger partial charge < -0.3 is 32.3 Å². The molecule has 1 aromatic rings. The lowest BCUT2D eigenvalue weighted by molar-refractivity contribution is -0.142. The fraction of sp³-hybridized carbons (Fsp3) is 0.474. The number of phenolic OH excluding ortho intramolecular Hbond substituents is 1. The third kappa shape index (κ3) is 9.14. The van der Waals surface area contributed by atoms with Gasteiger partial charge in [-0.3, -0.25) is 14.4 Å². The zero-order valence-electron chi connectivity index (χ0n) is 16.7. The third-order valence-electron chi connectivity index (χ3n) is 4.27. The number of benzene rings is 1. The average molecular weight is 441 g/mol. The number of rotatable bonds is 13. The average Bonchev–Trinajstić information content (AvgIpc) is 2.69. The summed E-state index contributed by atoms with van der Waals surface area (Å²) in [6.07, 6.45) is 2.08. The molecule has 0 fully saturated rings. The normalized spacial score (nSPS) is 13.7. The molecular weight excluding hydrogens is 412 g/mol. The molecule has 30 heavy (non-hydrogen) atoms. The summed E-state index contributed by atoms with van der Waals surface area (Å²) < 4.78 is 0. The Morgan fingerprint density at radius 1 is 1.03 bits per heavy atom. The van der Waals surface area contributed by atoms with E-state index >= 15 is 0 Å². The van der Waals surface area contributed by atoms with Gasteiger partial charge in [-0.05, 0) is 42.5 Å². The molecule has 0 aliphatic heterocycles. The number of nitrogens with two attached hydrogens (primary N) is 2. The molecule has 1 aromatic carbocycles. The molecule has 8 N–H and O–H groups in total. The zero-order valence-corrected chi connectivity index (χ0v) is 17.5. The predicted octanol–water partition coefficient (Wildman–Crippen LogP) is -0.665. The van der Waals surface area contributed by atoms with Crippen LogP contribution in [0.1, 0.15) is 24.8 Å². The van der Waals surface area contributed by atoms with Crippen LogP contribution in [0.4, 0.5) is 0 Å². The molecule has 3 unspecified atom stereocenters. The van der Waals surface area contributed by atoms with E-state index in [2.05, 4.69) is 10.6 Å². The number of hydrogen-bond donors (Lipinski definition) is 6. The SMILES string of the molecule is CSCCC(NC(=O)C(N)CCC(N)=O)C(=O)NC(Cc1ccc(O)cc1)C(=O)O. The summed E-state index contributed by atoms with van der Waals surface area (Å²) in [6.45, 7) is 0. The molecule has 0 aliphatic rings. The van der Waals surface area contributed by atoms with Gasteiger partial charge in [-0.1, -0.05) is 12.1 Å². The van der Waals surface area contributed by atoms with E-state index in [-0.39, 0.29) is 31.4 Å². The highest BCUT2D eigenvalue weighted by atomic mass is 32.2. The smallest absolute Gasteiger partial charge is 0.326 e. The Labute approximate surface area is 178 Å². The number of hydrogen-bond acceptors (Lipinski definition) is 7. The first-order chi connectivity index (χ1) is 14.1. The van der Waals surface area contributed by atoms with Crippen molar-refractivity contribution in [3.63, 3.8) is 0 Å². The van der Waals surface area contributed by atoms with Crippen LogP contribution in [0.2, 0.25) is 0 Å². The van der Waals surface area contributed by atoms with Gasteiger partial charge in [-0.25, -0.2) is 4.79 Å². The molecule has 1 rings (SSSR count). The number of aromatic hydroxyl groups is 1. The lowest BCUT2D eigenvalue weighted by Crippen LogP contribution is -2.55. The molecule has 3 atom stereocenters. The first kappa shape index (κ1) is 25.2. The first-order valence-corrected chi connectivity index (χ1v) is 10.7. The van der Waals surface area contributed by atoms with Gasteiger partial charge in [0.1, 0.15) is 17.8 Å². The second-order valence-electron chi connectivity index (χ2n) is 6.72. The maximum atomic E-state index is 12.7. The van der Waals surface area contributed by atoms with Gasteiger partial charge in [-0.2, -0.15) is 11.8 Å². The monoisotopic (exact) mass is 440 g/mol. The minimum absolute atomic E-state index is 0.00265. The highest BCUT2D eigenvalue weighted by Gasteiger charge is 2.28. The van der Waals surface area contributed by atoms with E-state index in [1.165, 1.54) is 23.9 Å². The van der Waals surface area contributed by atoms with Gasteiger partial charge in [0.2, 0.25) is 17.7 Å². The number of carboxylic acid groups (broad SMARTS) is 1. The number of phenols is 1. The van der Waals surface area contributed by atoms with Gasteiger partial charge >= 0.3 is 5.97 Å². The van der Waals surface area contributed by atoms with Crippen LogP contribution in [-0.2, 0) is 25.6 Å². The van der Waals surface area contributed by atoms with Crippen LogP contribution < -0.4 is 22.1 Å². The predicted molar refractivity (Wildman–Crippen MR) is 113 cm³/mol. The second kappa shape index (κ2) is 12.7. The summed E-state index contributed by atoms with van der Waals surface area (Å²) in [5, 5.41) is 23.8. The van der Waals surface area contributed by atoms with Crippen molar-refractivity contribution in [1.82, 2.24) is 10.6 Å². The van der Waals surface area contributed by atoms with E-state index < -0.39 is 41.8 Å². The largest absolute Gasteiger partial charge is 0.508 e. The molecule has 0 spiro atoms. The Balaban J connectivity index is 2.80. The summed E-state index contributed by atoms with van der Waals surface area (Å²) in [5.74, 6) is -2.50. The molecule has 0 aromatic heterocycles. The number of carboxylic acids is 1. The number of thioether (sulfide) groups is 1. The van der Waals surface area contributed by atoms with E-state index in [9.17, 15) is 29.4 Å². The van der Waals surface area contributed by atoms with E-state index in [4.69, 9.17) is 11.5 Å². The number of carbonyl (C=O) groups excluding carboxylic acids is 3. The van der Waals surface area contributed by atoms with E-state index in [1.54, 1.807) is 12.1 Å². The zero-order chi connectivity index (χ0) is 22.7. The number of primary amides is 1. The van der Waals surface area contributed by atoms with Gasteiger partial charge in [0.15, 0.2) is 0 Å². The Morgan fingerprint density at radius 3 is 2.17 bits per heavy atom. The van der Waals surface area contributed by atoms with Crippen LogP contribution in [0.15, 0.2) is 24.3 Å². The Bertz CT molecular complexity index is 743. The topological polar surface area (TPSA) is 185 Å². The molecular formula is C19H28N4O6S. The molecule has 10 nitrogen and oxygen atoms in total. The van der Waals surface area contributed by atoms with Crippen molar-refractivity contribution in [1.29, 1.82) is 0 Å². The summed E-state index contributed by atoms with van der Waals surface area (Å²) in [4.78, 5) is 47.4. The highest BCUT2D eigenvalue weighted by molar-refractivity contribution is 7.98. The maximum Gasteiger partial charge on any atom is 0.326 e. The van der Waals surface area contributed by atoms with Gasteiger partial charge in [0.25, 0.3) is 0 Å². The minimum Gasteiger partial charge on any atom is -0.508 e. The van der Waals surface area contributed by atoms with Crippen LogP contribution >= 0.6 is 11.8 Å². The van der Waals surface area contributed by atoms with Crippen LogP contribution in [0.25, 0.3) is 0 Å². The van der Waals surface area contributed by atoms with E-state index in [1.807, 2.05) is 6.26 Å². The number of carbonyl (C=O) groups is 4. The van der Waals surface area contributed by atoms with Crippen LogP contribution in [-0.4, -0.2) is 64.0 Å². The summed E-state index contributed by atoms with van der Waals surface area (Å²) in [7, 11) is 0. The van der Waals surface area contributed by atoms with Crippen molar-refractivity contribution in [2.75, 3.05) is 12.0 Å². The molecule has 0 saturated carbocycles. The molecule has 0 heterocycles. The Kier molecular flexibility index (Phi) is 10.7. The molecule has 166 valence electrons. The lowest BCUT2D eigenvalue weighted by Gasteiger charge is -2.23. The summed E-state index contributed by atoms with van der Waals surface area (Å²) >= 11 is 1.46. The number of amides is 3. The molecule has 0 saturated heterocycles. The summed E-state index contributed by atoms with van der Waals surface area (Å²) in [6, 6.07) is 2.74. The van der Waals surface area contributed by atoms with Crippen molar-refractivity contribution < 1.29 is 29.4 Å². The maximum absolute atomic E-state index is 12.7.